The molecule has 1 aromatic heterocycles. The monoisotopic (exact) mass is 181 g/mol. The van der Waals surface area contributed by atoms with Crippen molar-refractivity contribution in [2.45, 2.75) is 0 Å². The van der Waals surface area contributed by atoms with E-state index >= 15 is 0 Å². The van der Waals surface area contributed by atoms with Gasteiger partial charge in [-0.25, -0.2) is 9.97 Å². The van der Waals surface area contributed by atoms with Gasteiger partial charge in [0, 0.05) is 20.1 Å². The van der Waals surface area contributed by atoms with Gasteiger partial charge in [-0.05, 0) is 7.05 Å². The Kier molecular flexibility index (Phi) is 3.45. The first-order valence-corrected chi connectivity index (χ1v) is 4.17. The zero-order chi connectivity index (χ0) is 9.68. The van der Waals surface area contributed by atoms with Gasteiger partial charge >= 0.3 is 0 Å². The molecule has 0 aromatic carbocycles. The van der Waals surface area contributed by atoms with Crippen LogP contribution in [-0.2, 0) is 0 Å². The Hall–Kier alpha value is -1.36. The van der Waals surface area contributed by atoms with Crippen molar-refractivity contribution in [3.63, 3.8) is 0 Å². The normalized spacial score (nSPS) is 10.0. The van der Waals surface area contributed by atoms with E-state index in [1.54, 1.807) is 12.4 Å². The van der Waals surface area contributed by atoms with Crippen molar-refractivity contribution in [2.24, 2.45) is 0 Å². The number of nitrogens with zero attached hydrogens (tertiary/aromatic N) is 3. The Morgan fingerprint density at radius 1 is 1.46 bits per heavy atom. The van der Waals surface area contributed by atoms with E-state index in [0.717, 1.165) is 13.1 Å². The van der Waals surface area contributed by atoms with Crippen LogP contribution < -0.4 is 16.0 Å². The Morgan fingerprint density at radius 2 is 2.08 bits per heavy atom. The third-order valence-corrected chi connectivity index (χ3v) is 1.70. The summed E-state index contributed by atoms with van der Waals surface area (Å²) >= 11 is 0. The number of rotatable bonds is 4. The maximum absolute atomic E-state index is 5.47. The lowest BCUT2D eigenvalue weighted by molar-refractivity contribution is 0.753. The van der Waals surface area contributed by atoms with Crippen LogP contribution in [0.5, 0.6) is 0 Å². The second-order valence-corrected chi connectivity index (χ2v) is 2.84. The van der Waals surface area contributed by atoms with Crippen LogP contribution in [0.15, 0.2) is 12.4 Å². The van der Waals surface area contributed by atoms with E-state index in [-0.39, 0.29) is 0 Å². The maximum atomic E-state index is 5.47. The first-order valence-electron chi connectivity index (χ1n) is 4.17. The number of nitrogens with two attached hydrogens (primary N) is 1. The zero-order valence-electron chi connectivity index (χ0n) is 7.99. The SMILES string of the molecule is CNCCN(C)c1ncc(N)cn1. The minimum atomic E-state index is 0.589. The molecule has 13 heavy (non-hydrogen) atoms. The quantitative estimate of drug-likeness (QED) is 0.668. The van der Waals surface area contributed by atoms with Gasteiger partial charge in [-0.3, -0.25) is 0 Å². The summed E-state index contributed by atoms with van der Waals surface area (Å²) in [6.45, 7) is 1.78. The molecule has 0 amide bonds. The third-order valence-electron chi connectivity index (χ3n) is 1.70. The molecule has 1 aromatic rings. The summed E-state index contributed by atoms with van der Waals surface area (Å²) in [7, 11) is 3.86. The van der Waals surface area contributed by atoms with Crippen LogP contribution in [0.1, 0.15) is 0 Å². The molecule has 0 saturated heterocycles. The van der Waals surface area contributed by atoms with Crippen LogP contribution in [0.2, 0.25) is 0 Å². The third kappa shape index (κ3) is 2.87. The molecule has 0 atom stereocenters. The van der Waals surface area contributed by atoms with Crippen LogP contribution in [0.4, 0.5) is 11.6 Å². The Bertz CT molecular complexity index is 245. The lowest BCUT2D eigenvalue weighted by Crippen LogP contribution is -2.28. The Morgan fingerprint density at radius 3 is 2.62 bits per heavy atom. The van der Waals surface area contributed by atoms with E-state index in [2.05, 4.69) is 15.3 Å². The largest absolute Gasteiger partial charge is 0.396 e. The van der Waals surface area contributed by atoms with Gasteiger partial charge in [0.1, 0.15) is 0 Å². The number of nitrogens with one attached hydrogen (secondary N) is 1. The molecule has 3 N–H and O–H groups in total. The summed E-state index contributed by atoms with van der Waals surface area (Å²) in [5, 5.41) is 3.06. The van der Waals surface area contributed by atoms with Gasteiger partial charge in [0.15, 0.2) is 0 Å². The van der Waals surface area contributed by atoms with Crippen molar-refractivity contribution < 1.29 is 0 Å². The van der Waals surface area contributed by atoms with E-state index in [1.807, 2.05) is 19.0 Å². The minimum Gasteiger partial charge on any atom is -0.396 e. The van der Waals surface area contributed by atoms with Crippen LogP contribution in [0.3, 0.4) is 0 Å². The topological polar surface area (TPSA) is 67.1 Å². The second-order valence-electron chi connectivity index (χ2n) is 2.84. The predicted molar refractivity (Wildman–Crippen MR) is 53.6 cm³/mol. The fourth-order valence-electron chi connectivity index (χ4n) is 0.908. The Labute approximate surface area is 78.0 Å². The van der Waals surface area contributed by atoms with Crippen LogP contribution in [-0.4, -0.2) is 37.2 Å². The molecular formula is C8H15N5. The van der Waals surface area contributed by atoms with E-state index in [4.69, 9.17) is 5.73 Å². The average Bonchev–Trinajstić information content (AvgIpc) is 2.15. The fourth-order valence-corrected chi connectivity index (χ4v) is 0.908. The molecule has 0 aliphatic heterocycles. The molecule has 0 aliphatic rings. The molecule has 1 rings (SSSR count). The number of aromatic nitrogens is 2. The standard InChI is InChI=1S/C8H15N5/c1-10-3-4-13(2)8-11-5-7(9)6-12-8/h5-6,10H,3-4,9H2,1-2H3. The highest BCUT2D eigenvalue weighted by Gasteiger charge is 2.01. The smallest absolute Gasteiger partial charge is 0.225 e. The van der Waals surface area contributed by atoms with Crippen molar-refractivity contribution in [1.82, 2.24) is 15.3 Å². The highest BCUT2D eigenvalue weighted by molar-refractivity contribution is 5.37. The van der Waals surface area contributed by atoms with E-state index in [9.17, 15) is 0 Å². The summed E-state index contributed by atoms with van der Waals surface area (Å²) in [6.07, 6.45) is 3.22. The summed E-state index contributed by atoms with van der Waals surface area (Å²) in [5.74, 6) is 0.699. The number of nitrogen functional groups attached to an aromatic ring is 1. The van der Waals surface area contributed by atoms with Gasteiger partial charge in [0.2, 0.25) is 5.95 Å². The molecule has 0 spiro atoms. The molecule has 0 saturated carbocycles. The van der Waals surface area contributed by atoms with Gasteiger partial charge in [-0.1, -0.05) is 0 Å². The van der Waals surface area contributed by atoms with E-state index in [0.29, 0.717) is 11.6 Å². The van der Waals surface area contributed by atoms with Gasteiger partial charge in [-0.15, -0.1) is 0 Å². The summed E-state index contributed by atoms with van der Waals surface area (Å²) in [4.78, 5) is 10.2. The fraction of sp³-hybridized carbons (Fsp3) is 0.500. The zero-order valence-corrected chi connectivity index (χ0v) is 7.99. The van der Waals surface area contributed by atoms with Crippen LogP contribution >= 0.6 is 0 Å². The van der Waals surface area contributed by atoms with Gasteiger partial charge in [0.05, 0.1) is 18.1 Å². The predicted octanol–water partition coefficient (Wildman–Crippen LogP) is -0.286. The number of hydrogen-bond donors (Lipinski definition) is 2. The molecule has 5 heteroatoms. The molecule has 0 fully saturated rings. The van der Waals surface area contributed by atoms with E-state index < -0.39 is 0 Å². The van der Waals surface area contributed by atoms with Gasteiger partial charge in [0.25, 0.3) is 0 Å². The summed E-state index contributed by atoms with van der Waals surface area (Å²) < 4.78 is 0. The van der Waals surface area contributed by atoms with Crippen molar-refractivity contribution in [2.75, 3.05) is 37.8 Å². The lowest BCUT2D eigenvalue weighted by Gasteiger charge is -2.15. The number of hydrogen-bond acceptors (Lipinski definition) is 5. The van der Waals surface area contributed by atoms with Crippen molar-refractivity contribution in [3.8, 4) is 0 Å². The van der Waals surface area contributed by atoms with Crippen LogP contribution in [0.25, 0.3) is 0 Å². The van der Waals surface area contributed by atoms with Gasteiger partial charge < -0.3 is 16.0 Å². The molecule has 72 valence electrons. The molecule has 5 nitrogen and oxygen atoms in total. The molecular weight excluding hydrogens is 166 g/mol. The number of likely N-dealkylation sites (N-methyl/N-ethyl adjacent to an activating group) is 2. The molecule has 0 aliphatic carbocycles. The average molecular weight is 181 g/mol. The highest BCUT2D eigenvalue weighted by atomic mass is 15.2. The number of anilines is 2. The Balaban J connectivity index is 2.55. The first-order chi connectivity index (χ1) is 6.24. The molecule has 0 radical (unpaired) electrons. The minimum absolute atomic E-state index is 0.589. The summed E-state index contributed by atoms with van der Waals surface area (Å²) in [6, 6.07) is 0. The lowest BCUT2D eigenvalue weighted by atomic mass is 10.5. The maximum Gasteiger partial charge on any atom is 0.225 e. The molecule has 0 bridgehead atoms. The van der Waals surface area contributed by atoms with Crippen molar-refractivity contribution in [1.29, 1.82) is 0 Å². The van der Waals surface area contributed by atoms with Crippen molar-refractivity contribution in [3.05, 3.63) is 12.4 Å². The van der Waals surface area contributed by atoms with Crippen molar-refractivity contribution >= 4 is 11.6 Å². The molecule has 0 unspecified atom stereocenters. The van der Waals surface area contributed by atoms with Crippen LogP contribution in [0, 0.1) is 0 Å². The first kappa shape index (κ1) is 9.73. The summed E-state index contributed by atoms with van der Waals surface area (Å²) in [5.41, 5.74) is 6.06. The molecule has 1 heterocycles. The van der Waals surface area contributed by atoms with Gasteiger partial charge in [-0.2, -0.15) is 0 Å². The van der Waals surface area contributed by atoms with E-state index in [1.165, 1.54) is 0 Å². The highest BCUT2D eigenvalue weighted by Crippen LogP contribution is 2.04. The second kappa shape index (κ2) is 4.61.